The Morgan fingerprint density at radius 3 is 2.63 bits per heavy atom. The highest BCUT2D eigenvalue weighted by atomic mass is 32.1. The first kappa shape index (κ1) is 20.7. The van der Waals surface area contributed by atoms with Gasteiger partial charge in [0.25, 0.3) is 5.91 Å². The first-order chi connectivity index (χ1) is 14.6. The van der Waals surface area contributed by atoms with Crippen molar-refractivity contribution in [1.82, 2.24) is 20.4 Å². The molecule has 2 fully saturated rings. The summed E-state index contributed by atoms with van der Waals surface area (Å²) in [5.74, 6) is -0.0146. The molecule has 2 aliphatic heterocycles. The fourth-order valence-corrected chi connectivity index (χ4v) is 4.67. The summed E-state index contributed by atoms with van der Waals surface area (Å²) in [4.78, 5) is 26.7. The van der Waals surface area contributed by atoms with Crippen LogP contribution in [0.3, 0.4) is 0 Å². The summed E-state index contributed by atoms with van der Waals surface area (Å²) in [7, 11) is 0. The predicted octanol–water partition coefficient (Wildman–Crippen LogP) is 3.17. The number of aryl methyl sites for hydroxylation is 1. The van der Waals surface area contributed by atoms with Gasteiger partial charge in [-0.2, -0.15) is 0 Å². The lowest BCUT2D eigenvalue weighted by molar-refractivity contribution is 0.102. The number of ether oxygens (including phenoxy) is 1. The van der Waals surface area contributed by atoms with E-state index in [4.69, 9.17) is 4.74 Å². The van der Waals surface area contributed by atoms with E-state index >= 15 is 0 Å². The summed E-state index contributed by atoms with van der Waals surface area (Å²) in [6.07, 6.45) is 3.87. The van der Waals surface area contributed by atoms with Gasteiger partial charge in [-0.1, -0.05) is 29.0 Å². The van der Waals surface area contributed by atoms with Crippen LogP contribution in [0, 0.1) is 6.92 Å². The number of nitrogens with zero attached hydrogens (tertiary/aromatic N) is 3. The number of carbonyl (C=O) groups excluding carboxylic acids is 2. The number of nitrogens with one attached hydrogen (secondary N) is 2. The lowest BCUT2D eigenvalue weighted by Crippen LogP contribution is -2.46. The molecule has 1 aromatic carbocycles. The smallest absolute Gasteiger partial charge is 0.317 e. The van der Waals surface area contributed by atoms with Gasteiger partial charge in [-0.3, -0.25) is 4.79 Å². The van der Waals surface area contributed by atoms with Gasteiger partial charge < -0.3 is 20.3 Å². The number of urea groups is 1. The number of amides is 3. The third-order valence-electron chi connectivity index (χ3n) is 5.58. The van der Waals surface area contributed by atoms with Gasteiger partial charge in [0.2, 0.25) is 5.01 Å². The maximum absolute atomic E-state index is 12.4. The third-order valence-corrected chi connectivity index (χ3v) is 6.67. The number of anilines is 1. The fraction of sp³-hybridized carbons (Fsp3) is 0.524. The van der Waals surface area contributed by atoms with Gasteiger partial charge in [-0.15, -0.1) is 10.2 Å². The minimum atomic E-state index is -0.242. The quantitative estimate of drug-likeness (QED) is 0.761. The number of piperidine rings is 1. The highest BCUT2D eigenvalue weighted by molar-refractivity contribution is 7.13. The van der Waals surface area contributed by atoms with Crippen LogP contribution in [-0.4, -0.2) is 59.4 Å². The Bertz CT molecular complexity index is 871. The van der Waals surface area contributed by atoms with E-state index in [0.29, 0.717) is 24.6 Å². The second-order valence-corrected chi connectivity index (χ2v) is 8.86. The van der Waals surface area contributed by atoms with Crippen LogP contribution >= 0.6 is 11.3 Å². The molecule has 9 heteroatoms. The molecule has 0 bridgehead atoms. The third kappa shape index (κ3) is 5.14. The van der Waals surface area contributed by atoms with Crippen LogP contribution in [0.4, 0.5) is 10.5 Å². The van der Waals surface area contributed by atoms with E-state index in [9.17, 15) is 9.59 Å². The average molecular weight is 430 g/mol. The standard InChI is InChI=1S/C21H27N5O3S/c1-14-4-6-16(7-5-14)23-18(27)20-25-24-19(30-20)15-8-10-26(11-9-15)21(28)22-13-17-3-2-12-29-17/h4-7,15,17H,2-3,8-13H2,1H3,(H,22,28)(H,23,27). The monoisotopic (exact) mass is 429 g/mol. The Kier molecular flexibility index (Phi) is 6.59. The van der Waals surface area contributed by atoms with Crippen molar-refractivity contribution in [2.24, 2.45) is 0 Å². The van der Waals surface area contributed by atoms with Gasteiger partial charge in [-0.05, 0) is 44.7 Å². The zero-order valence-corrected chi connectivity index (χ0v) is 17.9. The van der Waals surface area contributed by atoms with Gasteiger partial charge in [0.15, 0.2) is 0 Å². The van der Waals surface area contributed by atoms with Crippen molar-refractivity contribution in [3.05, 3.63) is 39.8 Å². The number of rotatable bonds is 5. The van der Waals surface area contributed by atoms with Crippen molar-refractivity contribution < 1.29 is 14.3 Å². The zero-order chi connectivity index (χ0) is 20.9. The molecule has 8 nitrogen and oxygen atoms in total. The molecule has 0 aliphatic carbocycles. The zero-order valence-electron chi connectivity index (χ0n) is 17.1. The number of carbonyl (C=O) groups is 2. The Hall–Kier alpha value is -2.52. The van der Waals surface area contributed by atoms with Crippen LogP contribution in [0.25, 0.3) is 0 Å². The van der Waals surface area contributed by atoms with Crippen molar-refractivity contribution in [2.75, 3.05) is 31.6 Å². The SMILES string of the molecule is Cc1ccc(NC(=O)c2nnc(C3CCN(C(=O)NCC4CCCO4)CC3)s2)cc1. The minimum Gasteiger partial charge on any atom is -0.376 e. The van der Waals surface area contributed by atoms with Crippen molar-refractivity contribution >= 4 is 29.0 Å². The fourth-order valence-electron chi connectivity index (χ4n) is 3.76. The Labute approximate surface area is 180 Å². The molecule has 0 radical (unpaired) electrons. The number of benzene rings is 1. The van der Waals surface area contributed by atoms with Crippen molar-refractivity contribution in [2.45, 2.75) is 44.6 Å². The largest absolute Gasteiger partial charge is 0.376 e. The van der Waals surface area contributed by atoms with Crippen LogP contribution in [-0.2, 0) is 4.74 Å². The topological polar surface area (TPSA) is 96.5 Å². The summed E-state index contributed by atoms with van der Waals surface area (Å²) in [5.41, 5.74) is 1.88. The molecular formula is C21H27N5O3S. The van der Waals surface area contributed by atoms with E-state index in [1.54, 1.807) is 0 Å². The minimum absolute atomic E-state index is 0.0284. The first-order valence-corrected chi connectivity index (χ1v) is 11.3. The Balaban J connectivity index is 1.25. The number of hydrogen-bond acceptors (Lipinski definition) is 6. The average Bonchev–Trinajstić information content (AvgIpc) is 3.46. The summed E-state index contributed by atoms with van der Waals surface area (Å²) in [5, 5.41) is 15.4. The molecular weight excluding hydrogens is 402 g/mol. The van der Waals surface area contributed by atoms with Gasteiger partial charge in [0.05, 0.1) is 6.10 Å². The van der Waals surface area contributed by atoms with Crippen LogP contribution in [0.5, 0.6) is 0 Å². The second kappa shape index (κ2) is 9.53. The lowest BCUT2D eigenvalue weighted by atomic mass is 9.98. The first-order valence-electron chi connectivity index (χ1n) is 10.4. The van der Waals surface area contributed by atoms with E-state index in [-0.39, 0.29) is 24.0 Å². The van der Waals surface area contributed by atoms with Crippen LogP contribution in [0.1, 0.15) is 52.0 Å². The van der Waals surface area contributed by atoms with Crippen molar-refractivity contribution in [3.8, 4) is 0 Å². The molecule has 3 heterocycles. The summed E-state index contributed by atoms with van der Waals surface area (Å²) >= 11 is 1.34. The van der Waals surface area contributed by atoms with Gasteiger partial charge >= 0.3 is 6.03 Å². The molecule has 30 heavy (non-hydrogen) atoms. The molecule has 0 spiro atoms. The number of aromatic nitrogens is 2. The van der Waals surface area contributed by atoms with E-state index in [1.807, 2.05) is 36.1 Å². The molecule has 1 unspecified atom stereocenters. The Morgan fingerprint density at radius 2 is 1.93 bits per heavy atom. The molecule has 2 aliphatic rings. The summed E-state index contributed by atoms with van der Waals surface area (Å²) in [6.45, 7) is 4.72. The highest BCUT2D eigenvalue weighted by Gasteiger charge is 2.27. The van der Waals surface area contributed by atoms with Crippen LogP contribution in [0.2, 0.25) is 0 Å². The van der Waals surface area contributed by atoms with E-state index in [2.05, 4.69) is 20.8 Å². The van der Waals surface area contributed by atoms with Crippen molar-refractivity contribution in [3.63, 3.8) is 0 Å². The molecule has 2 saturated heterocycles. The molecule has 0 saturated carbocycles. The molecule has 3 amide bonds. The predicted molar refractivity (Wildman–Crippen MR) is 115 cm³/mol. The van der Waals surface area contributed by atoms with Crippen molar-refractivity contribution in [1.29, 1.82) is 0 Å². The normalized spacial score (nSPS) is 19.6. The van der Waals surface area contributed by atoms with Crippen LogP contribution in [0.15, 0.2) is 24.3 Å². The molecule has 2 N–H and O–H groups in total. The van der Waals surface area contributed by atoms with E-state index in [0.717, 1.165) is 48.5 Å². The van der Waals surface area contributed by atoms with Gasteiger partial charge in [0.1, 0.15) is 5.01 Å². The molecule has 2 aromatic rings. The van der Waals surface area contributed by atoms with Crippen LogP contribution < -0.4 is 10.6 Å². The number of likely N-dealkylation sites (tertiary alicyclic amines) is 1. The summed E-state index contributed by atoms with van der Waals surface area (Å²) < 4.78 is 5.55. The second-order valence-electron chi connectivity index (χ2n) is 7.85. The summed E-state index contributed by atoms with van der Waals surface area (Å²) in [6, 6.07) is 7.61. The van der Waals surface area contributed by atoms with E-state index in [1.165, 1.54) is 11.3 Å². The van der Waals surface area contributed by atoms with E-state index < -0.39 is 0 Å². The maximum Gasteiger partial charge on any atom is 0.317 e. The van der Waals surface area contributed by atoms with Gasteiger partial charge in [0, 0.05) is 37.8 Å². The molecule has 1 atom stereocenters. The highest BCUT2D eigenvalue weighted by Crippen LogP contribution is 2.30. The van der Waals surface area contributed by atoms with Gasteiger partial charge in [-0.25, -0.2) is 4.79 Å². The number of hydrogen-bond donors (Lipinski definition) is 2. The lowest BCUT2D eigenvalue weighted by Gasteiger charge is -2.31. The molecule has 4 rings (SSSR count). The molecule has 160 valence electrons. The molecule has 1 aromatic heterocycles. The Morgan fingerprint density at radius 1 is 1.17 bits per heavy atom. The maximum atomic E-state index is 12.4.